The number of hydrogen-bond acceptors (Lipinski definition) is 5. The van der Waals surface area contributed by atoms with E-state index in [0.717, 1.165) is 38.2 Å². The van der Waals surface area contributed by atoms with E-state index in [1.807, 2.05) is 0 Å². The van der Waals surface area contributed by atoms with Crippen LogP contribution in [0, 0.1) is 5.92 Å². The van der Waals surface area contributed by atoms with Crippen LogP contribution in [0.25, 0.3) is 0 Å². The van der Waals surface area contributed by atoms with E-state index in [-0.39, 0.29) is 11.8 Å². The number of nitrogens with one attached hydrogen (secondary N) is 1. The zero-order valence-corrected chi connectivity index (χ0v) is 14.1. The zero-order chi connectivity index (χ0) is 16.1. The minimum Gasteiger partial charge on any atom is -0.508 e. The number of hydrogen-bond donors (Lipinski definition) is 2. The van der Waals surface area contributed by atoms with Crippen LogP contribution in [0.5, 0.6) is 17.2 Å². The Bertz CT molecular complexity index is 460. The Hall–Kier alpha value is -1.46. The maximum Gasteiger partial charge on any atom is 0.131 e. The summed E-state index contributed by atoms with van der Waals surface area (Å²) in [5.41, 5.74) is 1.04. The van der Waals surface area contributed by atoms with Gasteiger partial charge in [-0.15, -0.1) is 0 Å². The second-order valence-electron chi connectivity index (χ2n) is 6.20. The molecule has 0 spiro atoms. The van der Waals surface area contributed by atoms with Crippen LogP contribution < -0.4 is 14.8 Å². The van der Waals surface area contributed by atoms with Crippen LogP contribution in [0.3, 0.4) is 0 Å². The first-order chi connectivity index (χ1) is 10.6. The van der Waals surface area contributed by atoms with Gasteiger partial charge >= 0.3 is 0 Å². The van der Waals surface area contributed by atoms with Gasteiger partial charge in [0.05, 0.1) is 19.8 Å². The van der Waals surface area contributed by atoms with Gasteiger partial charge in [-0.05, 0) is 12.3 Å². The van der Waals surface area contributed by atoms with Crippen molar-refractivity contribution in [2.75, 3.05) is 40.4 Å². The molecule has 0 bridgehead atoms. The third kappa shape index (κ3) is 3.84. The van der Waals surface area contributed by atoms with Gasteiger partial charge in [-0.2, -0.15) is 0 Å². The molecule has 0 radical (unpaired) electrons. The van der Waals surface area contributed by atoms with E-state index >= 15 is 0 Å². The summed E-state index contributed by atoms with van der Waals surface area (Å²) < 4.78 is 11.1. The normalized spacial score (nSPS) is 17.5. The fourth-order valence-corrected chi connectivity index (χ4v) is 3.14. The first kappa shape index (κ1) is 16.9. The number of nitrogens with zero attached hydrogens (tertiary/aromatic N) is 1. The molecule has 1 aromatic carbocycles. The van der Waals surface area contributed by atoms with E-state index in [1.165, 1.54) is 0 Å². The van der Waals surface area contributed by atoms with E-state index in [0.29, 0.717) is 17.4 Å². The lowest BCUT2D eigenvalue weighted by molar-refractivity contribution is 0.148. The van der Waals surface area contributed by atoms with Crippen LogP contribution in [0.4, 0.5) is 0 Å². The molecule has 0 unspecified atom stereocenters. The van der Waals surface area contributed by atoms with Crippen LogP contribution in [0.2, 0.25) is 0 Å². The molecule has 0 aliphatic carbocycles. The van der Waals surface area contributed by atoms with Crippen molar-refractivity contribution in [3.8, 4) is 17.2 Å². The summed E-state index contributed by atoms with van der Waals surface area (Å²) in [5, 5.41) is 13.3. The molecule has 5 heteroatoms. The molecule has 1 saturated heterocycles. The van der Waals surface area contributed by atoms with Crippen molar-refractivity contribution in [3.63, 3.8) is 0 Å². The fraction of sp³-hybridized carbons (Fsp3) is 0.647. The SMILES string of the molecule is COc1cc(O)cc(OC)c1[C@H](CC(C)C)N1CCNCC1. The largest absolute Gasteiger partial charge is 0.508 e. The quantitative estimate of drug-likeness (QED) is 0.845. The van der Waals surface area contributed by atoms with Crippen molar-refractivity contribution >= 4 is 0 Å². The van der Waals surface area contributed by atoms with Gasteiger partial charge in [0.25, 0.3) is 0 Å². The van der Waals surface area contributed by atoms with E-state index < -0.39 is 0 Å². The summed E-state index contributed by atoms with van der Waals surface area (Å²) in [6, 6.07) is 3.58. The van der Waals surface area contributed by atoms with Crippen molar-refractivity contribution in [2.24, 2.45) is 5.92 Å². The van der Waals surface area contributed by atoms with Crippen molar-refractivity contribution in [1.29, 1.82) is 0 Å². The van der Waals surface area contributed by atoms with Crippen molar-refractivity contribution in [1.82, 2.24) is 10.2 Å². The van der Waals surface area contributed by atoms with Gasteiger partial charge in [-0.3, -0.25) is 4.90 Å². The highest BCUT2D eigenvalue weighted by molar-refractivity contribution is 5.52. The average Bonchev–Trinajstić information content (AvgIpc) is 2.52. The number of rotatable bonds is 6. The highest BCUT2D eigenvalue weighted by Gasteiger charge is 2.29. The summed E-state index contributed by atoms with van der Waals surface area (Å²) in [6.07, 6.45) is 1.03. The molecule has 0 aromatic heterocycles. The third-order valence-electron chi connectivity index (χ3n) is 4.15. The molecule has 5 nitrogen and oxygen atoms in total. The Morgan fingerprint density at radius 3 is 2.14 bits per heavy atom. The van der Waals surface area contributed by atoms with E-state index in [9.17, 15) is 5.11 Å². The van der Waals surface area contributed by atoms with Crippen LogP contribution in [-0.2, 0) is 0 Å². The maximum atomic E-state index is 9.87. The Balaban J connectivity index is 2.45. The first-order valence-corrected chi connectivity index (χ1v) is 7.96. The van der Waals surface area contributed by atoms with Gasteiger partial charge in [0.15, 0.2) is 0 Å². The molecule has 1 heterocycles. The summed E-state index contributed by atoms with van der Waals surface area (Å²) >= 11 is 0. The molecule has 0 amide bonds. The number of piperazine rings is 1. The van der Waals surface area contributed by atoms with Crippen LogP contribution in [0.15, 0.2) is 12.1 Å². The molecule has 124 valence electrons. The molecule has 1 aromatic rings. The first-order valence-electron chi connectivity index (χ1n) is 7.96. The van der Waals surface area contributed by atoms with Crippen molar-refractivity contribution in [2.45, 2.75) is 26.3 Å². The standard InChI is InChI=1S/C17H28N2O3/c1-12(2)9-14(19-7-5-18-6-8-19)17-15(21-3)10-13(20)11-16(17)22-4/h10-12,14,18,20H,5-9H2,1-4H3/t14-/m0/s1. The molecule has 1 aliphatic rings. The highest BCUT2D eigenvalue weighted by atomic mass is 16.5. The molecule has 2 N–H and O–H groups in total. The molecule has 0 saturated carbocycles. The number of ether oxygens (including phenoxy) is 2. The van der Waals surface area contributed by atoms with Gasteiger partial charge in [0, 0.05) is 44.4 Å². The lowest BCUT2D eigenvalue weighted by Crippen LogP contribution is -2.45. The lowest BCUT2D eigenvalue weighted by Gasteiger charge is -2.37. The molecule has 1 fully saturated rings. The van der Waals surface area contributed by atoms with Gasteiger partial charge < -0.3 is 19.9 Å². The predicted octanol–water partition coefficient (Wildman–Crippen LogP) is 2.40. The summed E-state index contributed by atoms with van der Waals surface area (Å²) in [7, 11) is 3.28. The molecule has 1 atom stereocenters. The average molecular weight is 308 g/mol. The smallest absolute Gasteiger partial charge is 0.131 e. The van der Waals surface area contributed by atoms with Gasteiger partial charge in [-0.25, -0.2) is 0 Å². The predicted molar refractivity (Wildman–Crippen MR) is 87.8 cm³/mol. The number of benzene rings is 1. The zero-order valence-electron chi connectivity index (χ0n) is 14.1. The Morgan fingerprint density at radius 2 is 1.68 bits per heavy atom. The number of phenolic OH excluding ortho intramolecular Hbond substituents is 1. The topological polar surface area (TPSA) is 54.0 Å². The Kier molecular flexibility index (Phi) is 5.91. The van der Waals surface area contributed by atoms with E-state index in [2.05, 4.69) is 24.1 Å². The number of phenols is 1. The van der Waals surface area contributed by atoms with Crippen LogP contribution in [0.1, 0.15) is 31.9 Å². The molecule has 2 rings (SSSR count). The Labute approximate surface area is 133 Å². The van der Waals surface area contributed by atoms with Gasteiger partial charge in [0.2, 0.25) is 0 Å². The number of methoxy groups -OCH3 is 2. The monoisotopic (exact) mass is 308 g/mol. The maximum absolute atomic E-state index is 9.87. The summed E-state index contributed by atoms with van der Waals surface area (Å²) in [4.78, 5) is 2.48. The van der Waals surface area contributed by atoms with E-state index in [1.54, 1.807) is 26.4 Å². The highest BCUT2D eigenvalue weighted by Crippen LogP contribution is 2.42. The van der Waals surface area contributed by atoms with Gasteiger partial charge in [0.1, 0.15) is 17.2 Å². The summed E-state index contributed by atoms with van der Waals surface area (Å²) in [5.74, 6) is 2.12. The molecule has 1 aliphatic heterocycles. The van der Waals surface area contributed by atoms with Crippen LogP contribution in [-0.4, -0.2) is 50.4 Å². The summed E-state index contributed by atoms with van der Waals surface area (Å²) in [6.45, 7) is 8.47. The molecular formula is C17H28N2O3. The molecule has 22 heavy (non-hydrogen) atoms. The number of aromatic hydroxyl groups is 1. The van der Waals surface area contributed by atoms with E-state index in [4.69, 9.17) is 9.47 Å². The minimum atomic E-state index is 0.168. The third-order valence-corrected chi connectivity index (χ3v) is 4.15. The second kappa shape index (κ2) is 7.70. The second-order valence-corrected chi connectivity index (χ2v) is 6.20. The van der Waals surface area contributed by atoms with Crippen molar-refractivity contribution in [3.05, 3.63) is 17.7 Å². The van der Waals surface area contributed by atoms with Gasteiger partial charge in [-0.1, -0.05) is 13.8 Å². The van der Waals surface area contributed by atoms with Crippen LogP contribution >= 0.6 is 0 Å². The Morgan fingerprint density at radius 1 is 1.14 bits per heavy atom. The minimum absolute atomic E-state index is 0.168. The van der Waals surface area contributed by atoms with Crippen molar-refractivity contribution < 1.29 is 14.6 Å². The fourth-order valence-electron chi connectivity index (χ4n) is 3.14. The lowest BCUT2D eigenvalue weighted by atomic mass is 9.93. The molecular weight excluding hydrogens is 280 g/mol.